The van der Waals surface area contributed by atoms with Crippen molar-refractivity contribution in [2.24, 2.45) is 5.92 Å². The number of hydrogen-bond acceptors (Lipinski definition) is 1. The molecule has 100 valence electrons. The Balaban J connectivity index is 1.98. The van der Waals surface area contributed by atoms with Crippen LogP contribution in [0.3, 0.4) is 0 Å². The Morgan fingerprint density at radius 1 is 1.33 bits per heavy atom. The molecular formula is C15H21F2N. The molecule has 18 heavy (non-hydrogen) atoms. The van der Waals surface area contributed by atoms with Crippen LogP contribution in [-0.2, 0) is 12.8 Å². The number of halogens is 2. The van der Waals surface area contributed by atoms with Gasteiger partial charge in [-0.05, 0) is 56.3 Å². The van der Waals surface area contributed by atoms with Crippen LogP contribution in [0.5, 0.6) is 0 Å². The molecule has 0 radical (unpaired) electrons. The fourth-order valence-corrected chi connectivity index (χ4v) is 2.66. The first-order valence-electron chi connectivity index (χ1n) is 6.69. The van der Waals surface area contributed by atoms with Crippen molar-refractivity contribution in [1.29, 1.82) is 0 Å². The number of rotatable bonds is 4. The zero-order chi connectivity index (χ0) is 13.0. The average molecular weight is 253 g/mol. The normalized spacial score (nSPS) is 20.9. The third-order valence-corrected chi connectivity index (χ3v) is 3.43. The Bertz CT molecular complexity index is 378. The third kappa shape index (κ3) is 4.37. The van der Waals surface area contributed by atoms with Gasteiger partial charge in [-0.25, -0.2) is 8.78 Å². The van der Waals surface area contributed by atoms with Crippen LogP contribution in [0.25, 0.3) is 0 Å². The van der Waals surface area contributed by atoms with Gasteiger partial charge in [-0.15, -0.1) is 0 Å². The minimum Gasteiger partial charge on any atom is -0.316 e. The lowest BCUT2D eigenvalue weighted by Crippen LogP contribution is -2.30. The maximum absolute atomic E-state index is 13.0. The van der Waals surface area contributed by atoms with Gasteiger partial charge in [0.2, 0.25) is 5.92 Å². The fourth-order valence-electron chi connectivity index (χ4n) is 2.66. The van der Waals surface area contributed by atoms with E-state index in [4.69, 9.17) is 0 Å². The molecule has 1 aromatic rings. The summed E-state index contributed by atoms with van der Waals surface area (Å²) in [7, 11) is 0. The minimum absolute atomic E-state index is 0.163. The highest BCUT2D eigenvalue weighted by Crippen LogP contribution is 2.21. The molecule has 1 N–H and O–H groups in total. The summed E-state index contributed by atoms with van der Waals surface area (Å²) in [5.74, 6) is -1.97. The van der Waals surface area contributed by atoms with Crippen molar-refractivity contribution in [1.82, 2.24) is 5.32 Å². The van der Waals surface area contributed by atoms with E-state index >= 15 is 0 Å². The van der Waals surface area contributed by atoms with E-state index in [2.05, 4.69) is 5.32 Å². The molecule has 1 aliphatic heterocycles. The molecule has 1 nitrogen and oxygen atoms in total. The minimum atomic E-state index is -2.62. The molecule has 1 unspecified atom stereocenters. The SMILES string of the molecule is CC(F)(F)Cc1cccc(CC2CCCNC2)c1. The quantitative estimate of drug-likeness (QED) is 0.867. The highest BCUT2D eigenvalue weighted by atomic mass is 19.3. The fraction of sp³-hybridized carbons (Fsp3) is 0.600. The highest BCUT2D eigenvalue weighted by molar-refractivity contribution is 5.25. The predicted molar refractivity (Wildman–Crippen MR) is 70.1 cm³/mol. The molecule has 1 aromatic carbocycles. The van der Waals surface area contributed by atoms with Gasteiger partial charge in [-0.3, -0.25) is 0 Å². The van der Waals surface area contributed by atoms with E-state index in [-0.39, 0.29) is 6.42 Å². The summed E-state index contributed by atoms with van der Waals surface area (Å²) in [4.78, 5) is 0. The molecule has 3 heteroatoms. The Morgan fingerprint density at radius 3 is 2.78 bits per heavy atom. The first kappa shape index (κ1) is 13.5. The molecule has 0 aromatic heterocycles. The van der Waals surface area contributed by atoms with Crippen LogP contribution >= 0.6 is 0 Å². The molecule has 0 amide bonds. The van der Waals surface area contributed by atoms with Crippen molar-refractivity contribution in [2.45, 2.75) is 38.5 Å². The summed E-state index contributed by atoms with van der Waals surface area (Å²) in [6.45, 7) is 3.14. The van der Waals surface area contributed by atoms with E-state index in [9.17, 15) is 8.78 Å². The van der Waals surface area contributed by atoms with Gasteiger partial charge in [0.1, 0.15) is 0 Å². The summed E-state index contributed by atoms with van der Waals surface area (Å²) in [6.07, 6.45) is 3.29. The molecular weight excluding hydrogens is 232 g/mol. The zero-order valence-electron chi connectivity index (χ0n) is 10.9. The Morgan fingerprint density at radius 2 is 2.11 bits per heavy atom. The van der Waals surface area contributed by atoms with Gasteiger partial charge in [-0.2, -0.15) is 0 Å². The first-order valence-corrected chi connectivity index (χ1v) is 6.69. The molecule has 1 fully saturated rings. The van der Waals surface area contributed by atoms with Gasteiger partial charge in [0, 0.05) is 6.42 Å². The van der Waals surface area contributed by atoms with Crippen LogP contribution < -0.4 is 5.32 Å². The van der Waals surface area contributed by atoms with E-state index in [1.807, 2.05) is 18.2 Å². The maximum atomic E-state index is 13.0. The van der Waals surface area contributed by atoms with E-state index in [0.717, 1.165) is 32.0 Å². The molecule has 1 heterocycles. The van der Waals surface area contributed by atoms with Gasteiger partial charge in [0.15, 0.2) is 0 Å². The molecule has 1 atom stereocenters. The van der Waals surface area contributed by atoms with Crippen molar-refractivity contribution in [3.63, 3.8) is 0 Å². The van der Waals surface area contributed by atoms with Gasteiger partial charge >= 0.3 is 0 Å². The van der Waals surface area contributed by atoms with E-state index in [0.29, 0.717) is 5.92 Å². The van der Waals surface area contributed by atoms with Crippen molar-refractivity contribution in [3.05, 3.63) is 35.4 Å². The summed E-state index contributed by atoms with van der Waals surface area (Å²) < 4.78 is 26.0. The smallest absolute Gasteiger partial charge is 0.249 e. The van der Waals surface area contributed by atoms with Gasteiger partial charge in [0.05, 0.1) is 0 Å². The first-order chi connectivity index (χ1) is 8.53. The van der Waals surface area contributed by atoms with E-state index in [1.165, 1.54) is 18.4 Å². The number of hydrogen-bond donors (Lipinski definition) is 1. The van der Waals surface area contributed by atoms with Gasteiger partial charge in [-0.1, -0.05) is 24.3 Å². The lowest BCUT2D eigenvalue weighted by Gasteiger charge is -2.23. The monoisotopic (exact) mass is 253 g/mol. The van der Waals surface area contributed by atoms with Gasteiger partial charge in [0.25, 0.3) is 0 Å². The van der Waals surface area contributed by atoms with E-state index < -0.39 is 5.92 Å². The maximum Gasteiger partial charge on any atom is 0.249 e. The van der Waals surface area contributed by atoms with Gasteiger partial charge < -0.3 is 5.32 Å². The molecule has 2 rings (SSSR count). The number of nitrogens with one attached hydrogen (secondary N) is 1. The second-order valence-electron chi connectivity index (χ2n) is 5.48. The highest BCUT2D eigenvalue weighted by Gasteiger charge is 2.21. The standard InChI is InChI=1S/C15H21F2N/c1-15(16,17)10-13-5-2-4-12(8-13)9-14-6-3-7-18-11-14/h2,4-5,8,14,18H,3,6-7,9-11H2,1H3. The lowest BCUT2D eigenvalue weighted by molar-refractivity contribution is 0.0226. The summed E-state index contributed by atoms with van der Waals surface area (Å²) >= 11 is 0. The van der Waals surface area contributed by atoms with Crippen LogP contribution in [0, 0.1) is 5.92 Å². The number of benzene rings is 1. The summed E-state index contributed by atoms with van der Waals surface area (Å²) in [5, 5.41) is 3.39. The molecule has 1 saturated heterocycles. The van der Waals surface area contributed by atoms with Crippen molar-refractivity contribution in [3.8, 4) is 0 Å². The average Bonchev–Trinajstić information content (AvgIpc) is 2.28. The van der Waals surface area contributed by atoms with Crippen molar-refractivity contribution < 1.29 is 8.78 Å². The van der Waals surface area contributed by atoms with Crippen LogP contribution in [0.1, 0.15) is 30.9 Å². The Kier molecular flexibility index (Phi) is 4.33. The van der Waals surface area contributed by atoms with Crippen LogP contribution in [0.4, 0.5) is 8.78 Å². The number of piperidine rings is 1. The Hall–Kier alpha value is -0.960. The largest absolute Gasteiger partial charge is 0.316 e. The van der Waals surface area contributed by atoms with Crippen LogP contribution in [0.15, 0.2) is 24.3 Å². The van der Waals surface area contributed by atoms with Crippen LogP contribution in [0.2, 0.25) is 0 Å². The second kappa shape index (κ2) is 5.79. The summed E-state index contributed by atoms with van der Waals surface area (Å²) in [5.41, 5.74) is 1.93. The zero-order valence-corrected chi connectivity index (χ0v) is 10.9. The Labute approximate surface area is 108 Å². The molecule has 0 saturated carbocycles. The third-order valence-electron chi connectivity index (χ3n) is 3.43. The van der Waals surface area contributed by atoms with Crippen molar-refractivity contribution in [2.75, 3.05) is 13.1 Å². The molecule has 0 aliphatic carbocycles. The topological polar surface area (TPSA) is 12.0 Å². The lowest BCUT2D eigenvalue weighted by atomic mass is 9.91. The summed E-state index contributed by atoms with van der Waals surface area (Å²) in [6, 6.07) is 7.67. The van der Waals surface area contributed by atoms with Crippen LogP contribution in [-0.4, -0.2) is 19.0 Å². The molecule has 0 spiro atoms. The predicted octanol–water partition coefficient (Wildman–Crippen LogP) is 3.43. The molecule has 0 bridgehead atoms. The van der Waals surface area contributed by atoms with Crippen molar-refractivity contribution >= 4 is 0 Å². The molecule has 1 aliphatic rings. The number of alkyl halides is 2. The second-order valence-corrected chi connectivity index (χ2v) is 5.48. The van der Waals surface area contributed by atoms with E-state index in [1.54, 1.807) is 6.07 Å².